The number of unbranched alkanes of at least 4 members (excludes halogenated alkanes) is 14. The van der Waals surface area contributed by atoms with Gasteiger partial charge in [-0.25, -0.2) is 0 Å². The van der Waals surface area contributed by atoms with Crippen LogP contribution in [0.4, 0.5) is 0 Å². The van der Waals surface area contributed by atoms with Crippen LogP contribution in [0.1, 0.15) is 142 Å². The number of aliphatic hydroxyl groups is 1. The van der Waals surface area contributed by atoms with Gasteiger partial charge in [-0.15, -0.1) is 0 Å². The SMILES string of the molecule is CCCCCCCCCC(O)CC/C=C/CCCC/C=C\CCCCCCCC(=O)OC. The highest BCUT2D eigenvalue weighted by molar-refractivity contribution is 5.68. The van der Waals surface area contributed by atoms with Gasteiger partial charge in [0, 0.05) is 6.42 Å². The van der Waals surface area contributed by atoms with Gasteiger partial charge in [0.1, 0.15) is 0 Å². The Labute approximate surface area is 200 Å². The number of methoxy groups -OCH3 is 1. The number of ether oxygens (including phenoxy) is 1. The lowest BCUT2D eigenvalue weighted by Crippen LogP contribution is -2.05. The van der Waals surface area contributed by atoms with Gasteiger partial charge in [-0.05, 0) is 64.2 Å². The Hall–Kier alpha value is -1.09. The molecular formula is C29H54O3. The number of hydrogen-bond donors (Lipinski definition) is 1. The predicted octanol–water partition coefficient (Wildman–Crippen LogP) is 8.84. The first-order valence-corrected chi connectivity index (χ1v) is 13.8. The van der Waals surface area contributed by atoms with E-state index in [1.165, 1.54) is 97.0 Å². The van der Waals surface area contributed by atoms with Crippen LogP contribution in [0.2, 0.25) is 0 Å². The number of aliphatic hydroxyl groups excluding tert-OH is 1. The molecule has 0 heterocycles. The van der Waals surface area contributed by atoms with E-state index in [9.17, 15) is 9.90 Å². The minimum absolute atomic E-state index is 0.0868. The van der Waals surface area contributed by atoms with Crippen molar-refractivity contribution >= 4 is 5.97 Å². The number of carbonyl (C=O) groups excluding carboxylic acids is 1. The molecule has 0 saturated heterocycles. The van der Waals surface area contributed by atoms with Gasteiger partial charge < -0.3 is 9.84 Å². The van der Waals surface area contributed by atoms with Crippen molar-refractivity contribution in [2.45, 2.75) is 148 Å². The van der Waals surface area contributed by atoms with Gasteiger partial charge in [-0.1, -0.05) is 95.4 Å². The van der Waals surface area contributed by atoms with Crippen LogP contribution in [0, 0.1) is 0 Å². The Kier molecular flexibility index (Phi) is 25.3. The minimum Gasteiger partial charge on any atom is -0.469 e. The molecule has 0 radical (unpaired) electrons. The van der Waals surface area contributed by atoms with E-state index in [2.05, 4.69) is 36.0 Å². The molecule has 0 aliphatic carbocycles. The average molecular weight is 451 g/mol. The lowest BCUT2D eigenvalue weighted by molar-refractivity contribution is -0.140. The molecule has 1 N–H and O–H groups in total. The van der Waals surface area contributed by atoms with Crippen LogP contribution in [0.3, 0.4) is 0 Å². The van der Waals surface area contributed by atoms with E-state index in [-0.39, 0.29) is 12.1 Å². The van der Waals surface area contributed by atoms with Gasteiger partial charge in [0.05, 0.1) is 13.2 Å². The normalized spacial score (nSPS) is 12.7. The zero-order valence-corrected chi connectivity index (χ0v) is 21.5. The molecule has 188 valence electrons. The summed E-state index contributed by atoms with van der Waals surface area (Å²) in [6.07, 6.45) is 33.6. The first-order valence-electron chi connectivity index (χ1n) is 13.8. The molecule has 0 aromatic rings. The molecule has 0 saturated carbocycles. The second-order valence-corrected chi connectivity index (χ2v) is 9.25. The van der Waals surface area contributed by atoms with Crippen LogP contribution in [-0.4, -0.2) is 24.3 Å². The summed E-state index contributed by atoms with van der Waals surface area (Å²) >= 11 is 0. The summed E-state index contributed by atoms with van der Waals surface area (Å²) in [6, 6.07) is 0. The Morgan fingerprint density at radius 1 is 0.656 bits per heavy atom. The molecular weight excluding hydrogens is 396 g/mol. The second-order valence-electron chi connectivity index (χ2n) is 9.25. The summed E-state index contributed by atoms with van der Waals surface area (Å²) in [7, 11) is 1.46. The molecule has 0 aliphatic rings. The molecule has 0 bridgehead atoms. The van der Waals surface area contributed by atoms with Crippen molar-refractivity contribution in [1.82, 2.24) is 0 Å². The average Bonchev–Trinajstić information content (AvgIpc) is 2.80. The van der Waals surface area contributed by atoms with E-state index in [4.69, 9.17) is 0 Å². The van der Waals surface area contributed by atoms with Crippen molar-refractivity contribution in [3.63, 3.8) is 0 Å². The van der Waals surface area contributed by atoms with E-state index >= 15 is 0 Å². The van der Waals surface area contributed by atoms with Crippen LogP contribution >= 0.6 is 0 Å². The van der Waals surface area contributed by atoms with Gasteiger partial charge in [0.2, 0.25) is 0 Å². The van der Waals surface area contributed by atoms with E-state index < -0.39 is 0 Å². The maximum absolute atomic E-state index is 11.0. The third-order valence-electron chi connectivity index (χ3n) is 6.11. The van der Waals surface area contributed by atoms with Gasteiger partial charge >= 0.3 is 5.97 Å². The third-order valence-corrected chi connectivity index (χ3v) is 6.11. The fraction of sp³-hybridized carbons (Fsp3) is 0.828. The van der Waals surface area contributed by atoms with E-state index in [0.29, 0.717) is 6.42 Å². The molecule has 1 unspecified atom stereocenters. The van der Waals surface area contributed by atoms with Crippen LogP contribution in [0.25, 0.3) is 0 Å². The summed E-state index contributed by atoms with van der Waals surface area (Å²) in [5.74, 6) is -0.0868. The third kappa shape index (κ3) is 25.2. The minimum atomic E-state index is -0.111. The number of allylic oxidation sites excluding steroid dienone is 4. The van der Waals surface area contributed by atoms with Crippen molar-refractivity contribution in [2.24, 2.45) is 0 Å². The molecule has 1 atom stereocenters. The van der Waals surface area contributed by atoms with E-state index in [1.54, 1.807) is 0 Å². The lowest BCUT2D eigenvalue weighted by Gasteiger charge is -2.08. The summed E-state index contributed by atoms with van der Waals surface area (Å²) in [5, 5.41) is 10.1. The Bertz CT molecular complexity index is 442. The largest absolute Gasteiger partial charge is 0.469 e. The van der Waals surface area contributed by atoms with Gasteiger partial charge in [-0.2, -0.15) is 0 Å². The van der Waals surface area contributed by atoms with Gasteiger partial charge in [0.15, 0.2) is 0 Å². The first kappa shape index (κ1) is 30.9. The fourth-order valence-corrected chi connectivity index (χ4v) is 3.93. The van der Waals surface area contributed by atoms with Crippen molar-refractivity contribution in [1.29, 1.82) is 0 Å². The molecule has 0 aromatic heterocycles. The Morgan fingerprint density at radius 3 is 1.72 bits per heavy atom. The lowest BCUT2D eigenvalue weighted by atomic mass is 10.0. The predicted molar refractivity (Wildman–Crippen MR) is 139 cm³/mol. The highest BCUT2D eigenvalue weighted by atomic mass is 16.5. The molecule has 0 amide bonds. The summed E-state index contributed by atoms with van der Waals surface area (Å²) in [5.41, 5.74) is 0. The first-order chi connectivity index (χ1) is 15.7. The Morgan fingerprint density at radius 2 is 1.12 bits per heavy atom. The number of rotatable bonds is 24. The molecule has 0 fully saturated rings. The van der Waals surface area contributed by atoms with Crippen LogP contribution in [-0.2, 0) is 9.53 Å². The van der Waals surface area contributed by atoms with Crippen molar-refractivity contribution in [2.75, 3.05) is 7.11 Å². The smallest absolute Gasteiger partial charge is 0.305 e. The van der Waals surface area contributed by atoms with Gasteiger partial charge in [0.25, 0.3) is 0 Å². The number of carbonyl (C=O) groups is 1. The highest BCUT2D eigenvalue weighted by Crippen LogP contribution is 2.13. The standard InChI is InChI=1S/C29H54O3/c1-3-4-5-6-16-19-22-25-28(30)26-23-20-17-14-12-10-8-7-9-11-13-15-18-21-24-27-29(31)32-2/h7,9,17,20,28,30H,3-6,8,10-16,18-19,21-27H2,1-2H3/b9-7-,20-17+. The highest BCUT2D eigenvalue weighted by Gasteiger charge is 2.02. The molecule has 0 aromatic carbocycles. The molecule has 0 aliphatic heterocycles. The fourth-order valence-electron chi connectivity index (χ4n) is 3.93. The zero-order valence-electron chi connectivity index (χ0n) is 21.5. The second kappa shape index (κ2) is 26.2. The maximum Gasteiger partial charge on any atom is 0.305 e. The molecule has 0 rings (SSSR count). The number of hydrogen-bond acceptors (Lipinski definition) is 3. The molecule has 3 nitrogen and oxygen atoms in total. The number of esters is 1. The van der Waals surface area contributed by atoms with Crippen LogP contribution in [0.15, 0.2) is 24.3 Å². The summed E-state index contributed by atoms with van der Waals surface area (Å²) < 4.78 is 4.65. The molecule has 0 spiro atoms. The molecule has 3 heteroatoms. The van der Waals surface area contributed by atoms with Crippen molar-refractivity contribution in [3.05, 3.63) is 24.3 Å². The zero-order chi connectivity index (χ0) is 23.5. The molecule has 32 heavy (non-hydrogen) atoms. The van der Waals surface area contributed by atoms with Crippen LogP contribution < -0.4 is 0 Å². The van der Waals surface area contributed by atoms with Crippen molar-refractivity contribution < 1.29 is 14.6 Å². The van der Waals surface area contributed by atoms with E-state index in [0.717, 1.165) is 38.5 Å². The summed E-state index contributed by atoms with van der Waals surface area (Å²) in [6.45, 7) is 2.26. The topological polar surface area (TPSA) is 46.5 Å². The van der Waals surface area contributed by atoms with Gasteiger partial charge in [-0.3, -0.25) is 4.79 Å². The van der Waals surface area contributed by atoms with Crippen molar-refractivity contribution in [3.8, 4) is 0 Å². The summed E-state index contributed by atoms with van der Waals surface area (Å²) in [4.78, 5) is 11.0. The maximum atomic E-state index is 11.0. The monoisotopic (exact) mass is 450 g/mol. The van der Waals surface area contributed by atoms with E-state index in [1.807, 2.05) is 0 Å². The Balaban J connectivity index is 3.30. The van der Waals surface area contributed by atoms with Crippen LogP contribution in [0.5, 0.6) is 0 Å². The quantitative estimate of drug-likeness (QED) is 0.0907.